The summed E-state index contributed by atoms with van der Waals surface area (Å²) in [5.74, 6) is 0.626. The maximum Gasteiger partial charge on any atom is 0.196 e. The first-order valence-corrected chi connectivity index (χ1v) is 6.30. The molecule has 1 aliphatic heterocycles. The number of carbonyl (C=O) groups excluding carboxylic acids is 1. The molecule has 0 atom stereocenters. The van der Waals surface area contributed by atoms with Crippen LogP contribution in [0.15, 0.2) is 35.2 Å². The SMILES string of the molecule is Nc1nc(C=C2COc3ccccc3C2=O)cs1. The minimum atomic E-state index is -0.0107. The third-order valence-electron chi connectivity index (χ3n) is 2.67. The number of thiazole rings is 1. The highest BCUT2D eigenvalue weighted by molar-refractivity contribution is 7.13. The third-order valence-corrected chi connectivity index (χ3v) is 3.36. The molecule has 0 amide bonds. The first-order chi connectivity index (χ1) is 8.74. The first-order valence-electron chi connectivity index (χ1n) is 5.42. The summed E-state index contributed by atoms with van der Waals surface area (Å²) in [6.45, 7) is 0.271. The summed E-state index contributed by atoms with van der Waals surface area (Å²) in [4.78, 5) is 16.3. The van der Waals surface area contributed by atoms with E-state index in [1.54, 1.807) is 18.2 Å². The Morgan fingerprint density at radius 1 is 1.39 bits per heavy atom. The third kappa shape index (κ3) is 1.89. The normalized spacial score (nSPS) is 16.4. The Labute approximate surface area is 108 Å². The molecule has 1 aromatic heterocycles. The van der Waals surface area contributed by atoms with E-state index in [0.717, 1.165) is 0 Å². The quantitative estimate of drug-likeness (QED) is 0.798. The van der Waals surface area contributed by atoms with Gasteiger partial charge in [-0.15, -0.1) is 11.3 Å². The minimum absolute atomic E-state index is 0.0107. The molecule has 1 aromatic carbocycles. The number of anilines is 1. The molecule has 0 spiro atoms. The largest absolute Gasteiger partial charge is 0.488 e. The van der Waals surface area contributed by atoms with E-state index < -0.39 is 0 Å². The number of nitrogens with zero attached hydrogens (tertiary/aromatic N) is 1. The Morgan fingerprint density at radius 3 is 3.00 bits per heavy atom. The summed E-state index contributed by atoms with van der Waals surface area (Å²) in [6.07, 6.45) is 1.73. The number of hydrogen-bond acceptors (Lipinski definition) is 5. The number of rotatable bonds is 1. The molecule has 5 heteroatoms. The first kappa shape index (κ1) is 11.0. The van der Waals surface area contributed by atoms with E-state index in [4.69, 9.17) is 10.5 Å². The molecule has 3 rings (SSSR count). The molecule has 0 unspecified atom stereocenters. The molecule has 2 aromatic rings. The van der Waals surface area contributed by atoms with Crippen molar-refractivity contribution in [1.29, 1.82) is 0 Å². The van der Waals surface area contributed by atoms with E-state index in [-0.39, 0.29) is 12.4 Å². The lowest BCUT2D eigenvalue weighted by atomic mass is 10.00. The predicted octanol–water partition coefficient (Wildman–Crippen LogP) is 2.38. The van der Waals surface area contributed by atoms with Crippen LogP contribution in [0.25, 0.3) is 6.08 Å². The zero-order valence-corrected chi connectivity index (χ0v) is 10.2. The van der Waals surface area contributed by atoms with Gasteiger partial charge in [-0.25, -0.2) is 4.98 Å². The van der Waals surface area contributed by atoms with Crippen LogP contribution in [-0.2, 0) is 0 Å². The fourth-order valence-corrected chi connectivity index (χ4v) is 2.35. The molecular formula is C13H10N2O2S. The summed E-state index contributed by atoms with van der Waals surface area (Å²) in [7, 11) is 0. The van der Waals surface area contributed by atoms with Gasteiger partial charge in [-0.05, 0) is 18.2 Å². The highest BCUT2D eigenvalue weighted by Gasteiger charge is 2.22. The molecule has 4 nitrogen and oxygen atoms in total. The Bertz CT molecular complexity index is 646. The van der Waals surface area contributed by atoms with Crippen LogP contribution in [0.3, 0.4) is 0 Å². The van der Waals surface area contributed by atoms with Gasteiger partial charge in [0.15, 0.2) is 10.9 Å². The van der Waals surface area contributed by atoms with Gasteiger partial charge < -0.3 is 10.5 Å². The standard InChI is InChI=1S/C13H10N2O2S/c14-13-15-9(7-18-13)5-8-6-17-11-4-2-1-3-10(11)12(8)16/h1-5,7H,6H2,(H2,14,15). The van der Waals surface area contributed by atoms with Crippen molar-refractivity contribution in [3.63, 3.8) is 0 Å². The van der Waals surface area contributed by atoms with Crippen LogP contribution in [0.5, 0.6) is 5.75 Å². The lowest BCUT2D eigenvalue weighted by Gasteiger charge is -2.18. The smallest absolute Gasteiger partial charge is 0.196 e. The molecule has 90 valence electrons. The molecular weight excluding hydrogens is 248 g/mol. The molecule has 0 bridgehead atoms. The van der Waals surface area contributed by atoms with Crippen LogP contribution in [0, 0.1) is 0 Å². The summed E-state index contributed by atoms with van der Waals surface area (Å²) in [5, 5.41) is 2.31. The highest BCUT2D eigenvalue weighted by Crippen LogP contribution is 2.27. The van der Waals surface area contributed by atoms with Crippen LogP contribution in [0.2, 0.25) is 0 Å². The molecule has 0 fully saturated rings. The van der Waals surface area contributed by atoms with Crippen molar-refractivity contribution in [3.05, 3.63) is 46.5 Å². The number of benzene rings is 1. The van der Waals surface area contributed by atoms with E-state index in [0.29, 0.717) is 27.7 Å². The van der Waals surface area contributed by atoms with Crippen LogP contribution in [-0.4, -0.2) is 17.4 Å². The number of nitrogens with two attached hydrogens (primary N) is 1. The van der Waals surface area contributed by atoms with E-state index in [1.165, 1.54) is 11.3 Å². The van der Waals surface area contributed by atoms with Crippen LogP contribution < -0.4 is 10.5 Å². The van der Waals surface area contributed by atoms with Crippen molar-refractivity contribution in [1.82, 2.24) is 4.98 Å². The van der Waals surface area contributed by atoms with E-state index in [9.17, 15) is 4.79 Å². The van der Waals surface area contributed by atoms with Crippen LogP contribution in [0.1, 0.15) is 16.1 Å². The van der Waals surface area contributed by atoms with E-state index in [1.807, 2.05) is 17.5 Å². The van der Waals surface area contributed by atoms with Gasteiger partial charge in [0.1, 0.15) is 12.4 Å². The molecule has 2 N–H and O–H groups in total. The predicted molar refractivity (Wildman–Crippen MR) is 70.8 cm³/mol. The number of nitrogen functional groups attached to an aromatic ring is 1. The lowest BCUT2D eigenvalue weighted by Crippen LogP contribution is -2.18. The second-order valence-corrected chi connectivity index (χ2v) is 4.78. The van der Waals surface area contributed by atoms with Gasteiger partial charge in [0, 0.05) is 11.0 Å². The molecule has 1 aliphatic rings. The molecule has 0 radical (unpaired) electrons. The van der Waals surface area contributed by atoms with Crippen molar-refractivity contribution in [2.45, 2.75) is 0 Å². The fraction of sp³-hybridized carbons (Fsp3) is 0.0769. The summed E-state index contributed by atoms with van der Waals surface area (Å²) < 4.78 is 5.54. The zero-order valence-electron chi connectivity index (χ0n) is 9.42. The number of ether oxygens (including phenoxy) is 1. The van der Waals surface area contributed by atoms with Crippen molar-refractivity contribution < 1.29 is 9.53 Å². The Balaban J connectivity index is 1.98. The topological polar surface area (TPSA) is 65.2 Å². The summed E-state index contributed by atoms with van der Waals surface area (Å²) in [5.41, 5.74) is 7.45. The second-order valence-electron chi connectivity index (χ2n) is 3.89. The number of carbonyl (C=O) groups is 1. The lowest BCUT2D eigenvalue weighted by molar-refractivity contribution is 0.100. The molecule has 0 saturated carbocycles. The molecule has 18 heavy (non-hydrogen) atoms. The minimum Gasteiger partial charge on any atom is -0.488 e. The Hall–Kier alpha value is -2.14. The van der Waals surface area contributed by atoms with E-state index in [2.05, 4.69) is 4.98 Å². The number of Topliss-reactive ketones (excluding diaryl/α,β-unsaturated/α-hetero) is 1. The molecule has 2 heterocycles. The maximum atomic E-state index is 12.2. The van der Waals surface area contributed by atoms with Crippen molar-refractivity contribution >= 4 is 28.3 Å². The number of fused-ring (bicyclic) bond motifs is 1. The number of ketones is 1. The Kier molecular flexibility index (Phi) is 2.60. The van der Waals surface area contributed by atoms with Crippen molar-refractivity contribution in [2.24, 2.45) is 0 Å². The van der Waals surface area contributed by atoms with Gasteiger partial charge in [-0.3, -0.25) is 4.79 Å². The van der Waals surface area contributed by atoms with Crippen LogP contribution >= 0.6 is 11.3 Å². The highest BCUT2D eigenvalue weighted by atomic mass is 32.1. The fourth-order valence-electron chi connectivity index (χ4n) is 1.83. The van der Waals surface area contributed by atoms with Crippen molar-refractivity contribution in [2.75, 3.05) is 12.3 Å². The van der Waals surface area contributed by atoms with Gasteiger partial charge in [-0.1, -0.05) is 12.1 Å². The number of hydrogen-bond donors (Lipinski definition) is 1. The van der Waals surface area contributed by atoms with Gasteiger partial charge in [0.2, 0.25) is 0 Å². The molecule has 0 aliphatic carbocycles. The van der Waals surface area contributed by atoms with Gasteiger partial charge in [0.25, 0.3) is 0 Å². The van der Waals surface area contributed by atoms with Crippen LogP contribution in [0.4, 0.5) is 5.13 Å². The van der Waals surface area contributed by atoms with Gasteiger partial charge in [0.05, 0.1) is 11.3 Å². The monoisotopic (exact) mass is 258 g/mol. The zero-order chi connectivity index (χ0) is 12.5. The second kappa shape index (κ2) is 4.27. The maximum absolute atomic E-state index is 12.2. The average molecular weight is 258 g/mol. The summed E-state index contributed by atoms with van der Waals surface area (Å²) >= 11 is 1.35. The average Bonchev–Trinajstić information content (AvgIpc) is 2.79. The molecule has 0 saturated heterocycles. The number of para-hydroxylation sites is 1. The van der Waals surface area contributed by atoms with Gasteiger partial charge in [-0.2, -0.15) is 0 Å². The summed E-state index contributed by atoms with van der Waals surface area (Å²) in [6, 6.07) is 7.23. The number of aromatic nitrogens is 1. The Morgan fingerprint density at radius 2 is 2.22 bits per heavy atom. The van der Waals surface area contributed by atoms with Crippen molar-refractivity contribution in [3.8, 4) is 5.75 Å². The van der Waals surface area contributed by atoms with Gasteiger partial charge >= 0.3 is 0 Å². The van der Waals surface area contributed by atoms with E-state index >= 15 is 0 Å².